The third kappa shape index (κ3) is 6.60. The van der Waals surface area contributed by atoms with Gasteiger partial charge in [-0.25, -0.2) is 9.59 Å². The van der Waals surface area contributed by atoms with Gasteiger partial charge in [0.2, 0.25) is 5.91 Å². The van der Waals surface area contributed by atoms with Gasteiger partial charge in [-0.05, 0) is 54.8 Å². The highest BCUT2D eigenvalue weighted by molar-refractivity contribution is 6.30. The number of hydrogen-bond donors (Lipinski definition) is 3. The number of nitrogens with one attached hydrogen (secondary N) is 2. The number of likely N-dealkylation sites (tertiary alicyclic amines) is 1. The molecule has 1 saturated heterocycles. The van der Waals surface area contributed by atoms with Crippen LogP contribution >= 0.6 is 11.6 Å². The topological polar surface area (TPSA) is 112 Å². The largest absolute Gasteiger partial charge is 0.490 e. The number of carboxylic acids is 1. The zero-order chi connectivity index (χ0) is 24.9. The van der Waals surface area contributed by atoms with E-state index in [1.54, 1.807) is 41.6 Å². The smallest absolute Gasteiger partial charge is 0.475 e. The van der Waals surface area contributed by atoms with Crippen LogP contribution in [0.15, 0.2) is 48.8 Å². The summed E-state index contributed by atoms with van der Waals surface area (Å²) in [5.74, 6) is -2.69. The number of pyridine rings is 1. The van der Waals surface area contributed by atoms with Crippen molar-refractivity contribution in [2.45, 2.75) is 25.6 Å². The number of benzene rings is 1. The maximum atomic E-state index is 12.5. The third-order valence-electron chi connectivity index (χ3n) is 5.73. The molecule has 12 heteroatoms. The van der Waals surface area contributed by atoms with Gasteiger partial charge in [-0.2, -0.15) is 13.2 Å². The Kier molecular flexibility index (Phi) is 7.65. The average molecular weight is 499 g/mol. The molecule has 1 aliphatic carbocycles. The maximum Gasteiger partial charge on any atom is 0.490 e. The number of nitrogens with zero attached hydrogens (tertiary/aromatic N) is 2. The van der Waals surface area contributed by atoms with Gasteiger partial charge in [0.25, 0.3) is 0 Å². The van der Waals surface area contributed by atoms with Crippen LogP contribution in [-0.4, -0.2) is 52.2 Å². The van der Waals surface area contributed by atoms with Crippen molar-refractivity contribution in [3.8, 4) is 0 Å². The number of amides is 3. The number of rotatable bonds is 4. The Morgan fingerprint density at radius 1 is 1.15 bits per heavy atom. The van der Waals surface area contributed by atoms with Gasteiger partial charge in [-0.3, -0.25) is 9.78 Å². The second-order valence-electron chi connectivity index (χ2n) is 8.10. The Balaban J connectivity index is 0.000000406. The SMILES string of the molecule is O=C(NCc1ccncc1)C1CC12CCN(C(=O)Nc1ccc(Cl)cc1)C2.O=C(O)C(F)(F)F. The van der Waals surface area contributed by atoms with Crippen LogP contribution in [0.1, 0.15) is 18.4 Å². The molecule has 1 saturated carbocycles. The summed E-state index contributed by atoms with van der Waals surface area (Å²) in [6, 6.07) is 10.7. The van der Waals surface area contributed by atoms with Gasteiger partial charge in [-0.15, -0.1) is 0 Å². The van der Waals surface area contributed by atoms with Crippen LogP contribution in [0.3, 0.4) is 0 Å². The molecule has 3 amide bonds. The molecule has 2 heterocycles. The Hall–Kier alpha value is -3.34. The number of aliphatic carboxylic acids is 1. The molecule has 2 fully saturated rings. The maximum absolute atomic E-state index is 12.5. The van der Waals surface area contributed by atoms with E-state index in [2.05, 4.69) is 15.6 Å². The number of urea groups is 1. The first kappa shape index (κ1) is 25.3. The van der Waals surface area contributed by atoms with Gasteiger partial charge < -0.3 is 20.6 Å². The number of carbonyl (C=O) groups excluding carboxylic acids is 2. The second-order valence-corrected chi connectivity index (χ2v) is 8.54. The zero-order valence-electron chi connectivity index (χ0n) is 17.8. The van der Waals surface area contributed by atoms with Gasteiger partial charge in [-0.1, -0.05) is 11.6 Å². The monoisotopic (exact) mass is 498 g/mol. The van der Waals surface area contributed by atoms with E-state index >= 15 is 0 Å². The summed E-state index contributed by atoms with van der Waals surface area (Å²) >= 11 is 5.87. The lowest BCUT2D eigenvalue weighted by Gasteiger charge is -2.17. The number of halogens is 4. The highest BCUT2D eigenvalue weighted by atomic mass is 35.5. The molecule has 8 nitrogen and oxygen atoms in total. The summed E-state index contributed by atoms with van der Waals surface area (Å²) in [7, 11) is 0. The molecule has 2 unspecified atom stereocenters. The lowest BCUT2D eigenvalue weighted by Crippen LogP contribution is -2.34. The van der Waals surface area contributed by atoms with E-state index in [0.717, 1.165) is 18.4 Å². The fourth-order valence-corrected chi connectivity index (χ4v) is 3.91. The van der Waals surface area contributed by atoms with Crippen LogP contribution in [-0.2, 0) is 16.1 Å². The van der Waals surface area contributed by atoms with Crippen molar-refractivity contribution in [1.29, 1.82) is 0 Å². The first-order valence-electron chi connectivity index (χ1n) is 10.3. The van der Waals surface area contributed by atoms with E-state index in [9.17, 15) is 22.8 Å². The molecule has 182 valence electrons. The number of anilines is 1. The lowest BCUT2D eigenvalue weighted by molar-refractivity contribution is -0.192. The predicted octanol–water partition coefficient (Wildman–Crippen LogP) is 3.93. The summed E-state index contributed by atoms with van der Waals surface area (Å²) in [4.78, 5) is 39.6. The molecule has 2 aliphatic rings. The van der Waals surface area contributed by atoms with E-state index in [4.69, 9.17) is 21.5 Å². The van der Waals surface area contributed by atoms with Gasteiger partial charge in [0, 0.05) is 54.1 Å². The van der Waals surface area contributed by atoms with E-state index in [1.165, 1.54) is 0 Å². The van der Waals surface area contributed by atoms with Gasteiger partial charge in [0.05, 0.1) is 0 Å². The standard InChI is InChI=1S/C20H21ClN4O2.C2HF3O2/c21-15-1-3-16(4-2-15)24-19(27)25-10-7-20(13-25)11-17(20)18(26)23-12-14-5-8-22-9-6-14;3-2(4,5)1(6)7/h1-6,8-9,17H,7,10-13H2,(H,23,26)(H,24,27);(H,6,7). The van der Waals surface area contributed by atoms with Crippen LogP contribution in [0, 0.1) is 11.3 Å². The van der Waals surface area contributed by atoms with Crippen molar-refractivity contribution in [3.05, 3.63) is 59.4 Å². The molecular weight excluding hydrogens is 477 g/mol. The zero-order valence-corrected chi connectivity index (χ0v) is 18.6. The van der Waals surface area contributed by atoms with Gasteiger partial charge in [0.15, 0.2) is 0 Å². The molecule has 1 aliphatic heterocycles. The Morgan fingerprint density at radius 3 is 2.35 bits per heavy atom. The van der Waals surface area contributed by atoms with E-state index in [1.807, 2.05) is 12.1 Å². The number of carbonyl (C=O) groups is 3. The van der Waals surface area contributed by atoms with Crippen molar-refractivity contribution in [3.63, 3.8) is 0 Å². The molecule has 34 heavy (non-hydrogen) atoms. The number of alkyl halides is 3. The Morgan fingerprint density at radius 2 is 1.76 bits per heavy atom. The molecule has 2 atom stereocenters. The minimum atomic E-state index is -5.08. The Labute approximate surface area is 198 Å². The fraction of sp³-hybridized carbons (Fsp3) is 0.364. The molecule has 0 radical (unpaired) electrons. The van der Waals surface area contributed by atoms with Crippen LogP contribution in [0.2, 0.25) is 5.02 Å². The minimum absolute atomic E-state index is 0.00679. The van der Waals surface area contributed by atoms with Crippen LogP contribution in [0.4, 0.5) is 23.7 Å². The summed E-state index contributed by atoms with van der Waals surface area (Å²) < 4.78 is 31.7. The first-order valence-corrected chi connectivity index (χ1v) is 10.7. The molecule has 4 rings (SSSR count). The van der Waals surface area contributed by atoms with Crippen LogP contribution in [0.25, 0.3) is 0 Å². The van der Waals surface area contributed by atoms with Crippen molar-refractivity contribution in [1.82, 2.24) is 15.2 Å². The minimum Gasteiger partial charge on any atom is -0.475 e. The summed E-state index contributed by atoms with van der Waals surface area (Å²) in [6.45, 7) is 1.81. The molecular formula is C22H22ClF3N4O4. The summed E-state index contributed by atoms with van der Waals surface area (Å²) in [5.41, 5.74) is 1.69. The highest BCUT2D eigenvalue weighted by Gasteiger charge is 2.61. The molecule has 3 N–H and O–H groups in total. The number of aromatic nitrogens is 1. The van der Waals surface area contributed by atoms with Crippen molar-refractivity contribution in [2.75, 3.05) is 18.4 Å². The summed E-state index contributed by atoms with van der Waals surface area (Å²) in [6.07, 6.45) is 0.0663. The highest BCUT2D eigenvalue weighted by Crippen LogP contribution is 2.58. The molecule has 2 aromatic rings. The van der Waals surface area contributed by atoms with Gasteiger partial charge in [0.1, 0.15) is 0 Å². The lowest BCUT2D eigenvalue weighted by atomic mass is 10.0. The summed E-state index contributed by atoms with van der Waals surface area (Å²) in [5, 5.41) is 13.6. The fourth-order valence-electron chi connectivity index (χ4n) is 3.79. The predicted molar refractivity (Wildman–Crippen MR) is 117 cm³/mol. The van der Waals surface area contributed by atoms with E-state index in [0.29, 0.717) is 30.3 Å². The van der Waals surface area contributed by atoms with Crippen molar-refractivity contribution in [2.24, 2.45) is 11.3 Å². The number of carboxylic acid groups (broad SMARTS) is 1. The molecule has 0 bridgehead atoms. The quantitative estimate of drug-likeness (QED) is 0.591. The van der Waals surface area contributed by atoms with Gasteiger partial charge >= 0.3 is 18.2 Å². The van der Waals surface area contributed by atoms with E-state index in [-0.39, 0.29) is 23.3 Å². The average Bonchev–Trinajstić information content (AvgIpc) is 3.33. The molecule has 1 aromatic heterocycles. The normalized spacial score (nSPS) is 20.8. The number of hydrogen-bond acceptors (Lipinski definition) is 4. The first-order chi connectivity index (χ1) is 16.0. The molecule has 1 spiro atoms. The van der Waals surface area contributed by atoms with Crippen molar-refractivity contribution >= 4 is 35.2 Å². The van der Waals surface area contributed by atoms with Crippen LogP contribution in [0.5, 0.6) is 0 Å². The third-order valence-corrected chi connectivity index (χ3v) is 5.98. The van der Waals surface area contributed by atoms with Crippen molar-refractivity contribution < 1.29 is 32.7 Å². The second kappa shape index (κ2) is 10.3. The molecule has 1 aromatic carbocycles. The van der Waals surface area contributed by atoms with Crippen LogP contribution < -0.4 is 10.6 Å². The van der Waals surface area contributed by atoms with E-state index < -0.39 is 12.1 Å². The Bertz CT molecular complexity index is 1040.